The molecule has 0 bridgehead atoms. The molecular formula is C14H22BrF3. The highest BCUT2D eigenvalue weighted by molar-refractivity contribution is 9.09. The minimum atomic E-state index is -1.08. The molecule has 0 amide bonds. The van der Waals surface area contributed by atoms with Crippen molar-refractivity contribution < 1.29 is 13.2 Å². The molecule has 0 heterocycles. The van der Waals surface area contributed by atoms with Gasteiger partial charge < -0.3 is 0 Å². The summed E-state index contributed by atoms with van der Waals surface area (Å²) in [6.07, 6.45) is -0.942. The van der Waals surface area contributed by atoms with E-state index in [1.54, 1.807) is 0 Å². The van der Waals surface area contributed by atoms with E-state index >= 15 is 0 Å². The Morgan fingerprint density at radius 2 is 1.28 bits per heavy atom. The van der Waals surface area contributed by atoms with Crippen LogP contribution in [0.15, 0.2) is 0 Å². The van der Waals surface area contributed by atoms with Crippen LogP contribution in [0, 0.1) is 23.7 Å². The van der Waals surface area contributed by atoms with Crippen molar-refractivity contribution in [3.8, 4) is 0 Å². The van der Waals surface area contributed by atoms with Crippen molar-refractivity contribution in [3.63, 3.8) is 0 Å². The third-order valence-electron chi connectivity index (χ3n) is 4.78. The molecule has 2 aliphatic carbocycles. The van der Waals surface area contributed by atoms with E-state index in [0.29, 0.717) is 25.7 Å². The number of halogens is 4. The lowest BCUT2D eigenvalue weighted by atomic mass is 9.66. The molecular weight excluding hydrogens is 305 g/mol. The van der Waals surface area contributed by atoms with Crippen LogP contribution in [0.5, 0.6) is 0 Å². The monoisotopic (exact) mass is 326 g/mol. The molecule has 0 aromatic heterocycles. The lowest BCUT2D eigenvalue weighted by molar-refractivity contribution is -0.0150. The zero-order chi connectivity index (χ0) is 13.4. The maximum atomic E-state index is 14.1. The Morgan fingerprint density at radius 3 is 1.72 bits per heavy atom. The Hall–Kier alpha value is 0.270. The summed E-state index contributed by atoms with van der Waals surface area (Å²) in [5.74, 6) is -0.650. The molecule has 0 spiro atoms. The van der Waals surface area contributed by atoms with E-state index in [4.69, 9.17) is 0 Å². The van der Waals surface area contributed by atoms with Crippen molar-refractivity contribution >= 4 is 15.9 Å². The van der Waals surface area contributed by atoms with Gasteiger partial charge in [0.15, 0.2) is 0 Å². The van der Waals surface area contributed by atoms with Crippen molar-refractivity contribution in [1.82, 2.24) is 0 Å². The highest BCUT2D eigenvalue weighted by Crippen LogP contribution is 2.46. The zero-order valence-electron chi connectivity index (χ0n) is 11.0. The van der Waals surface area contributed by atoms with Gasteiger partial charge in [0.25, 0.3) is 0 Å². The zero-order valence-corrected chi connectivity index (χ0v) is 12.5. The summed E-state index contributed by atoms with van der Waals surface area (Å²) in [4.78, 5) is -0.0499. The van der Waals surface area contributed by atoms with Crippen LogP contribution in [0.1, 0.15) is 39.5 Å². The first-order chi connectivity index (χ1) is 8.40. The number of hydrogen-bond donors (Lipinski definition) is 0. The molecule has 106 valence electrons. The molecule has 18 heavy (non-hydrogen) atoms. The molecule has 0 saturated heterocycles. The minimum absolute atomic E-state index is 0.00648. The Bertz CT molecular complexity index is 262. The van der Waals surface area contributed by atoms with Gasteiger partial charge in [-0.05, 0) is 43.4 Å². The highest BCUT2D eigenvalue weighted by atomic mass is 79.9. The van der Waals surface area contributed by atoms with E-state index in [0.717, 1.165) is 0 Å². The van der Waals surface area contributed by atoms with Crippen LogP contribution in [-0.4, -0.2) is 23.3 Å². The van der Waals surface area contributed by atoms with E-state index in [1.165, 1.54) is 0 Å². The number of hydrogen-bond acceptors (Lipinski definition) is 0. The quantitative estimate of drug-likeness (QED) is 0.604. The minimum Gasteiger partial charge on any atom is -0.247 e. The van der Waals surface area contributed by atoms with Crippen molar-refractivity contribution in [2.75, 3.05) is 0 Å². The van der Waals surface area contributed by atoms with Gasteiger partial charge in [-0.15, -0.1) is 0 Å². The van der Waals surface area contributed by atoms with Crippen LogP contribution in [0.25, 0.3) is 0 Å². The summed E-state index contributed by atoms with van der Waals surface area (Å²) in [5.41, 5.74) is 0. The van der Waals surface area contributed by atoms with Crippen molar-refractivity contribution in [2.24, 2.45) is 23.7 Å². The molecule has 2 rings (SSSR count). The fraction of sp³-hybridized carbons (Fsp3) is 1.00. The largest absolute Gasteiger partial charge is 0.247 e. The molecule has 0 aromatic rings. The molecule has 4 heteroatoms. The third kappa shape index (κ3) is 2.88. The van der Waals surface area contributed by atoms with Gasteiger partial charge in [-0.1, -0.05) is 29.8 Å². The molecule has 2 aliphatic rings. The third-order valence-corrected chi connectivity index (χ3v) is 5.53. The lowest BCUT2D eigenvalue weighted by Crippen LogP contribution is -2.44. The second-order valence-electron chi connectivity index (χ2n) is 6.31. The highest BCUT2D eigenvalue weighted by Gasteiger charge is 2.45. The second kappa shape index (κ2) is 5.72. The maximum Gasteiger partial charge on any atom is 0.107 e. The lowest BCUT2D eigenvalue weighted by Gasteiger charge is -2.43. The van der Waals surface area contributed by atoms with E-state index in [1.807, 2.05) is 13.8 Å². The molecule has 0 aliphatic heterocycles. The van der Waals surface area contributed by atoms with Gasteiger partial charge in [-0.2, -0.15) is 0 Å². The van der Waals surface area contributed by atoms with Gasteiger partial charge in [0, 0.05) is 10.7 Å². The van der Waals surface area contributed by atoms with Gasteiger partial charge in [0.2, 0.25) is 0 Å². The predicted octanol–water partition coefficient (Wildman–Crippen LogP) is 4.86. The topological polar surface area (TPSA) is 0 Å². The Labute approximate surface area is 116 Å². The van der Waals surface area contributed by atoms with Crippen molar-refractivity contribution in [1.29, 1.82) is 0 Å². The first kappa shape index (κ1) is 14.7. The summed E-state index contributed by atoms with van der Waals surface area (Å²) in [6, 6.07) is 0. The smallest absolute Gasteiger partial charge is 0.107 e. The van der Waals surface area contributed by atoms with Crippen LogP contribution in [-0.2, 0) is 0 Å². The first-order valence-corrected chi connectivity index (χ1v) is 7.88. The molecule has 0 N–H and O–H groups in total. The Balaban J connectivity index is 2.06. The molecule has 0 nitrogen and oxygen atoms in total. The molecule has 2 fully saturated rings. The molecule has 0 radical (unpaired) electrons. The number of alkyl halides is 4. The van der Waals surface area contributed by atoms with Gasteiger partial charge in [-0.3, -0.25) is 0 Å². The van der Waals surface area contributed by atoms with Crippen LogP contribution in [0.4, 0.5) is 13.2 Å². The summed E-state index contributed by atoms with van der Waals surface area (Å²) >= 11 is 3.31. The summed E-state index contributed by atoms with van der Waals surface area (Å²) in [6.45, 7) is 3.73. The average Bonchev–Trinajstić information content (AvgIpc) is 2.24. The van der Waals surface area contributed by atoms with Crippen LogP contribution in [0.2, 0.25) is 0 Å². The van der Waals surface area contributed by atoms with Crippen LogP contribution < -0.4 is 0 Å². The predicted molar refractivity (Wildman–Crippen MR) is 71.2 cm³/mol. The molecule has 0 aromatic carbocycles. The van der Waals surface area contributed by atoms with Crippen molar-refractivity contribution in [3.05, 3.63) is 0 Å². The SMILES string of the molecule is CC1CC(C2C(F)CC(Br)CC2F)CC(C)C1F. The molecule has 4 unspecified atom stereocenters. The van der Waals surface area contributed by atoms with E-state index in [9.17, 15) is 13.2 Å². The van der Waals surface area contributed by atoms with Crippen LogP contribution >= 0.6 is 15.9 Å². The molecule has 2 saturated carbocycles. The fourth-order valence-corrected chi connectivity index (χ4v) is 4.62. The van der Waals surface area contributed by atoms with E-state index in [2.05, 4.69) is 15.9 Å². The van der Waals surface area contributed by atoms with Crippen LogP contribution in [0.3, 0.4) is 0 Å². The maximum absolute atomic E-state index is 14.1. The summed E-state index contributed by atoms with van der Waals surface area (Å²) < 4.78 is 42.0. The van der Waals surface area contributed by atoms with Crippen molar-refractivity contribution in [2.45, 2.75) is 62.9 Å². The second-order valence-corrected chi connectivity index (χ2v) is 7.60. The standard InChI is InChI=1S/C14H22BrF3/c1-7-3-9(4-8(2)14(7)18)13-11(16)5-10(15)6-12(13)17/h7-14H,3-6H2,1-2H3. The molecule has 4 atom stereocenters. The Kier molecular flexibility index (Phi) is 4.66. The van der Waals surface area contributed by atoms with E-state index in [-0.39, 0.29) is 22.6 Å². The summed E-state index contributed by atoms with van der Waals surface area (Å²) in [7, 11) is 0. The number of rotatable bonds is 1. The fourth-order valence-electron chi connectivity index (χ4n) is 3.90. The van der Waals surface area contributed by atoms with Gasteiger partial charge in [-0.25, -0.2) is 13.2 Å². The van der Waals surface area contributed by atoms with Gasteiger partial charge in [0.1, 0.15) is 18.5 Å². The average molecular weight is 327 g/mol. The normalized spacial score (nSPS) is 54.3. The van der Waals surface area contributed by atoms with Gasteiger partial charge >= 0.3 is 0 Å². The first-order valence-electron chi connectivity index (χ1n) is 6.96. The van der Waals surface area contributed by atoms with Gasteiger partial charge in [0.05, 0.1) is 0 Å². The van der Waals surface area contributed by atoms with E-state index < -0.39 is 24.4 Å². The summed E-state index contributed by atoms with van der Waals surface area (Å²) in [5, 5.41) is 0. The Morgan fingerprint density at radius 1 is 0.833 bits per heavy atom.